The summed E-state index contributed by atoms with van der Waals surface area (Å²) in [6, 6.07) is 7.22. The van der Waals surface area contributed by atoms with E-state index in [0.29, 0.717) is 6.04 Å². The molecule has 0 fully saturated rings. The first-order chi connectivity index (χ1) is 4.33. The van der Waals surface area contributed by atoms with Crippen LogP contribution in [-0.2, 0) is 3.74 Å². The van der Waals surface area contributed by atoms with Crippen LogP contribution in [0, 0.1) is 0 Å². The molecular weight excluding hydrogens is 163 g/mol. The Hall–Kier alpha value is -0.422. The van der Waals surface area contributed by atoms with Crippen LogP contribution in [-0.4, -0.2) is 15.7 Å². The van der Waals surface area contributed by atoms with E-state index in [2.05, 4.69) is 0 Å². The van der Waals surface area contributed by atoms with E-state index >= 15 is 0 Å². The first-order valence-corrected chi connectivity index (χ1v) is 3.93. The first kappa shape index (κ1) is 4.46. The van der Waals surface area contributed by atoms with Crippen molar-refractivity contribution in [2.24, 2.45) is 0 Å². The predicted octanol–water partition coefficient (Wildman–Crippen LogP) is 0.362. The van der Waals surface area contributed by atoms with Gasteiger partial charge in [0.2, 0.25) is 0 Å². The zero-order valence-corrected chi connectivity index (χ0v) is 6.04. The molecule has 0 aliphatic heterocycles. The normalized spacial score (nSPS) is 11.2. The second-order valence-electron chi connectivity index (χ2n) is 1.35. The van der Waals surface area contributed by atoms with E-state index in [1.807, 2.05) is 0 Å². The van der Waals surface area contributed by atoms with Gasteiger partial charge in [-0.2, -0.15) is 0 Å². The third kappa shape index (κ3) is 1.27. The van der Waals surface area contributed by atoms with Crippen molar-refractivity contribution < 1.29 is 5.11 Å². The van der Waals surface area contributed by atoms with Gasteiger partial charge >= 0.3 is 55.5 Å². The Labute approximate surface area is 56.0 Å². The van der Waals surface area contributed by atoms with Crippen molar-refractivity contribution in [1.82, 2.24) is 0 Å². The van der Waals surface area contributed by atoms with Gasteiger partial charge in [0.25, 0.3) is 0 Å². The number of hydrogen-bond donors (Lipinski definition) is 0. The van der Waals surface area contributed by atoms with Crippen molar-refractivity contribution in [2.45, 2.75) is 0 Å². The van der Waals surface area contributed by atoms with Crippen LogP contribution >= 0.6 is 0 Å². The number of benzene rings is 1. The van der Waals surface area contributed by atoms with E-state index in [0.717, 1.165) is 4.35 Å². The van der Waals surface area contributed by atoms with Gasteiger partial charge in [0.1, 0.15) is 0 Å². The molecule has 0 aromatic heterocycles. The molecule has 2 heteroatoms. The molecule has 0 saturated heterocycles. The molecule has 0 atom stereocenters. The van der Waals surface area contributed by atoms with Crippen LogP contribution in [0.1, 0.15) is 1.37 Å². The second kappa shape index (κ2) is 2.78. The molecule has 1 aromatic carbocycles. The van der Waals surface area contributed by atoms with Gasteiger partial charge < -0.3 is 0 Å². The monoisotopic (exact) mass is 169 g/mol. The molecule has 0 aliphatic carbocycles. The summed E-state index contributed by atoms with van der Waals surface area (Å²) in [7, 11) is 0. The molecule has 0 spiro atoms. The average Bonchev–Trinajstić information content (AvgIpc) is 1.88. The quantitative estimate of drug-likeness (QED) is 0.555. The van der Waals surface area contributed by atoms with Gasteiger partial charge in [0, 0.05) is 0 Å². The van der Waals surface area contributed by atoms with E-state index in [1.54, 1.807) is 24.3 Å². The Bertz CT molecular complexity index is 224. The van der Waals surface area contributed by atoms with Crippen LogP contribution in [0.15, 0.2) is 30.3 Å². The van der Waals surface area contributed by atoms with E-state index in [-0.39, 0.29) is 0 Å². The fourth-order valence-electron chi connectivity index (χ4n) is 0.441. The van der Waals surface area contributed by atoms with Crippen LogP contribution < -0.4 is 4.35 Å². The van der Waals surface area contributed by atoms with Gasteiger partial charge in [-0.15, -0.1) is 0 Å². The Balaban J connectivity index is 3.07. The van der Waals surface area contributed by atoms with Crippen LogP contribution in [0.3, 0.4) is 0 Å². The van der Waals surface area contributed by atoms with Gasteiger partial charge in [-0.1, -0.05) is 0 Å². The molecule has 0 radical (unpaired) electrons. The fourth-order valence-corrected chi connectivity index (χ4v) is 1.02. The van der Waals surface area contributed by atoms with Gasteiger partial charge in [-0.05, 0) is 0 Å². The molecule has 0 aliphatic rings. The summed E-state index contributed by atoms with van der Waals surface area (Å²) in [6.07, 6.45) is 0. The molecule has 1 aromatic rings. The topological polar surface area (TPSA) is 17.1 Å². The average molecular weight is 169 g/mol. The number of rotatable bonds is 1. The van der Waals surface area contributed by atoms with Crippen molar-refractivity contribution in [3.05, 3.63) is 30.3 Å². The fraction of sp³-hybridized carbons (Fsp3) is 0. The minimum absolute atomic E-state index is 0.429. The van der Waals surface area contributed by atoms with Gasteiger partial charge in [-0.25, -0.2) is 0 Å². The third-order valence-electron chi connectivity index (χ3n) is 0.796. The summed E-state index contributed by atoms with van der Waals surface area (Å²) in [4.78, 5) is 0. The van der Waals surface area contributed by atoms with Gasteiger partial charge in [0.15, 0.2) is 0 Å². The van der Waals surface area contributed by atoms with Gasteiger partial charge in [-0.3, -0.25) is 0 Å². The zero-order chi connectivity index (χ0) is 6.69. The summed E-state index contributed by atoms with van der Waals surface area (Å²) in [5, 5.41) is 0. The molecule has 1 rings (SSSR count). The summed E-state index contributed by atoms with van der Waals surface area (Å²) in [6.45, 7) is 0. The molecule has 40 valence electrons. The summed E-state index contributed by atoms with van der Waals surface area (Å²) >= 11 is -0.952. The minimum atomic E-state index is -0.952. The third-order valence-corrected chi connectivity index (χ3v) is 1.82. The number of hydrogen-bond acceptors (Lipinski definition) is 1. The molecule has 1 nitrogen and oxygen atoms in total. The van der Waals surface area contributed by atoms with E-state index < -0.39 is 15.7 Å². The van der Waals surface area contributed by atoms with E-state index in [1.165, 1.54) is 0 Å². The van der Waals surface area contributed by atoms with Crippen molar-refractivity contribution >= 4 is 20.0 Å². The SMILES string of the molecule is [2H]c1cccc([As]=O)c1. The Morgan fingerprint density at radius 2 is 2.38 bits per heavy atom. The summed E-state index contributed by atoms with van der Waals surface area (Å²) < 4.78 is 18.2. The Morgan fingerprint density at radius 1 is 1.50 bits per heavy atom. The summed E-state index contributed by atoms with van der Waals surface area (Å²) in [5.74, 6) is 0. The molecule has 0 N–H and O–H groups in total. The van der Waals surface area contributed by atoms with Crippen LogP contribution in [0.25, 0.3) is 0 Å². The van der Waals surface area contributed by atoms with Crippen molar-refractivity contribution in [1.29, 1.82) is 0 Å². The standard InChI is InChI=1S/C6H5AsO/c8-7-6-4-2-1-3-5-6/h1-5H/i2D. The summed E-state index contributed by atoms with van der Waals surface area (Å²) in [5.41, 5.74) is 0. The molecular formula is C6H5AsO. The molecule has 0 bridgehead atoms. The second-order valence-corrected chi connectivity index (χ2v) is 2.82. The Morgan fingerprint density at radius 3 is 2.88 bits per heavy atom. The van der Waals surface area contributed by atoms with E-state index in [9.17, 15) is 3.74 Å². The van der Waals surface area contributed by atoms with Crippen LogP contribution in [0.5, 0.6) is 0 Å². The molecule has 0 amide bonds. The van der Waals surface area contributed by atoms with Crippen LogP contribution in [0.2, 0.25) is 0 Å². The van der Waals surface area contributed by atoms with Crippen molar-refractivity contribution in [3.63, 3.8) is 0 Å². The zero-order valence-electron chi connectivity index (χ0n) is 5.16. The van der Waals surface area contributed by atoms with Crippen molar-refractivity contribution in [3.8, 4) is 0 Å². The Kier molecular flexibility index (Phi) is 1.55. The van der Waals surface area contributed by atoms with E-state index in [4.69, 9.17) is 1.37 Å². The maximum atomic E-state index is 10.3. The molecule has 8 heavy (non-hydrogen) atoms. The molecule has 0 heterocycles. The molecule has 0 saturated carbocycles. The van der Waals surface area contributed by atoms with Crippen molar-refractivity contribution in [2.75, 3.05) is 0 Å². The maximum absolute atomic E-state index is 10.3. The predicted molar refractivity (Wildman–Crippen MR) is 32.5 cm³/mol. The molecule has 0 unspecified atom stereocenters. The van der Waals surface area contributed by atoms with Crippen LogP contribution in [0.4, 0.5) is 0 Å². The first-order valence-electron chi connectivity index (χ1n) is 2.73. The van der Waals surface area contributed by atoms with Gasteiger partial charge in [0.05, 0.1) is 0 Å².